The predicted molar refractivity (Wildman–Crippen MR) is 87.6 cm³/mol. The smallest absolute Gasteiger partial charge is 0.367 e. The molecule has 4 nitrogen and oxygen atoms in total. The summed E-state index contributed by atoms with van der Waals surface area (Å²) in [5.74, 6) is 1.02. The maximum absolute atomic E-state index is 12.8. The fourth-order valence-corrected chi connectivity index (χ4v) is 2.88. The topological polar surface area (TPSA) is 49.8 Å². The molecule has 0 amide bonds. The van der Waals surface area contributed by atoms with Crippen LogP contribution in [-0.4, -0.2) is 16.0 Å². The highest BCUT2D eigenvalue weighted by atomic mass is 35.5. The van der Waals surface area contributed by atoms with Gasteiger partial charge in [0.1, 0.15) is 18.0 Å². The predicted octanol–water partition coefficient (Wildman–Crippen LogP) is 5.25. The van der Waals surface area contributed by atoms with Gasteiger partial charge in [-0.3, -0.25) is 0 Å². The van der Waals surface area contributed by atoms with E-state index in [4.69, 9.17) is 11.6 Å². The van der Waals surface area contributed by atoms with Gasteiger partial charge in [0.2, 0.25) is 0 Å². The molecule has 0 saturated heterocycles. The van der Waals surface area contributed by atoms with E-state index in [-0.39, 0.29) is 10.7 Å². The Labute approximate surface area is 142 Å². The molecule has 1 aliphatic carbocycles. The van der Waals surface area contributed by atoms with Crippen LogP contribution in [0.5, 0.6) is 0 Å². The maximum atomic E-state index is 12.8. The first-order chi connectivity index (χ1) is 11.4. The van der Waals surface area contributed by atoms with Crippen molar-refractivity contribution in [1.82, 2.24) is 9.97 Å². The number of anilines is 3. The van der Waals surface area contributed by atoms with E-state index in [9.17, 15) is 13.2 Å². The summed E-state index contributed by atoms with van der Waals surface area (Å²) < 4.78 is 38.5. The second kappa shape index (κ2) is 6.84. The molecule has 0 bridgehead atoms. The minimum Gasteiger partial charge on any atom is -0.367 e. The lowest BCUT2D eigenvalue weighted by molar-refractivity contribution is -0.137. The highest BCUT2D eigenvalue weighted by molar-refractivity contribution is 6.33. The molecule has 0 atom stereocenters. The molecular formula is C16H16ClF3N4. The first-order valence-electron chi connectivity index (χ1n) is 7.64. The van der Waals surface area contributed by atoms with Crippen molar-refractivity contribution in [2.24, 2.45) is 0 Å². The van der Waals surface area contributed by atoms with Crippen LogP contribution in [0.15, 0.2) is 30.6 Å². The Morgan fingerprint density at radius 3 is 2.46 bits per heavy atom. The summed E-state index contributed by atoms with van der Waals surface area (Å²) in [6, 6.07) is 5.17. The molecule has 3 rings (SSSR count). The Bertz CT molecular complexity index is 715. The van der Waals surface area contributed by atoms with Crippen LogP contribution in [0.25, 0.3) is 0 Å². The van der Waals surface area contributed by atoms with Crippen LogP contribution in [0.3, 0.4) is 0 Å². The van der Waals surface area contributed by atoms with Crippen LogP contribution in [-0.2, 0) is 6.18 Å². The molecule has 1 aromatic carbocycles. The van der Waals surface area contributed by atoms with Gasteiger partial charge in [-0.25, -0.2) is 9.97 Å². The summed E-state index contributed by atoms with van der Waals surface area (Å²) in [5, 5.41) is 6.33. The molecule has 2 aromatic rings. The van der Waals surface area contributed by atoms with Gasteiger partial charge in [-0.05, 0) is 31.0 Å². The number of aromatic nitrogens is 2. The zero-order valence-electron chi connectivity index (χ0n) is 12.7. The Kier molecular flexibility index (Phi) is 4.80. The van der Waals surface area contributed by atoms with Gasteiger partial charge in [0.05, 0.1) is 16.3 Å². The molecule has 1 fully saturated rings. The number of benzene rings is 1. The number of alkyl halides is 3. The Morgan fingerprint density at radius 1 is 1.04 bits per heavy atom. The molecule has 0 spiro atoms. The van der Waals surface area contributed by atoms with Crippen LogP contribution in [0.1, 0.15) is 31.2 Å². The van der Waals surface area contributed by atoms with Gasteiger partial charge in [0, 0.05) is 12.1 Å². The fraction of sp³-hybridized carbons (Fsp3) is 0.375. The average molecular weight is 357 g/mol. The summed E-state index contributed by atoms with van der Waals surface area (Å²) >= 11 is 5.98. The number of hydrogen-bond acceptors (Lipinski definition) is 4. The first-order valence-corrected chi connectivity index (χ1v) is 8.02. The van der Waals surface area contributed by atoms with Crippen molar-refractivity contribution in [3.05, 3.63) is 41.2 Å². The summed E-state index contributed by atoms with van der Waals surface area (Å²) in [5.41, 5.74) is -0.621. The van der Waals surface area contributed by atoms with E-state index >= 15 is 0 Å². The van der Waals surface area contributed by atoms with E-state index < -0.39 is 11.7 Å². The molecule has 1 saturated carbocycles. The molecule has 1 heterocycles. The zero-order chi connectivity index (χ0) is 17.2. The molecular weight excluding hydrogens is 341 g/mol. The maximum Gasteiger partial charge on any atom is 0.416 e. The van der Waals surface area contributed by atoms with Crippen molar-refractivity contribution in [3.63, 3.8) is 0 Å². The van der Waals surface area contributed by atoms with Gasteiger partial charge in [0.15, 0.2) is 0 Å². The number of nitrogens with zero attached hydrogens (tertiary/aromatic N) is 2. The molecule has 0 aliphatic heterocycles. The Balaban J connectivity index is 1.78. The lowest BCUT2D eigenvalue weighted by Gasteiger charge is -2.14. The van der Waals surface area contributed by atoms with Crippen molar-refractivity contribution < 1.29 is 13.2 Å². The van der Waals surface area contributed by atoms with Crippen molar-refractivity contribution >= 4 is 28.9 Å². The van der Waals surface area contributed by atoms with Crippen LogP contribution < -0.4 is 10.6 Å². The Morgan fingerprint density at radius 2 is 1.75 bits per heavy atom. The highest BCUT2D eigenvalue weighted by Crippen LogP contribution is 2.34. The SMILES string of the molecule is FC(F)(F)c1ccc(Cl)c(Nc2cc(NC3CCCC3)ncn2)c1. The molecule has 8 heteroatoms. The van der Waals surface area contributed by atoms with Crippen LogP contribution in [0.2, 0.25) is 5.02 Å². The molecule has 2 N–H and O–H groups in total. The second-order valence-electron chi connectivity index (χ2n) is 5.73. The number of nitrogens with one attached hydrogen (secondary N) is 2. The van der Waals surface area contributed by atoms with Crippen LogP contribution >= 0.6 is 11.6 Å². The van der Waals surface area contributed by atoms with Gasteiger partial charge in [-0.1, -0.05) is 24.4 Å². The van der Waals surface area contributed by atoms with E-state index in [0.29, 0.717) is 17.7 Å². The van der Waals surface area contributed by atoms with E-state index in [1.54, 1.807) is 6.07 Å². The first kappa shape index (κ1) is 16.8. The van der Waals surface area contributed by atoms with E-state index in [1.807, 2.05) is 0 Å². The monoisotopic (exact) mass is 356 g/mol. The summed E-state index contributed by atoms with van der Waals surface area (Å²) in [6.45, 7) is 0. The quantitative estimate of drug-likeness (QED) is 0.785. The van der Waals surface area contributed by atoms with E-state index in [0.717, 1.165) is 25.0 Å². The van der Waals surface area contributed by atoms with E-state index in [1.165, 1.54) is 25.2 Å². The lowest BCUT2D eigenvalue weighted by atomic mass is 10.2. The number of halogens is 4. The van der Waals surface area contributed by atoms with E-state index in [2.05, 4.69) is 20.6 Å². The highest BCUT2D eigenvalue weighted by Gasteiger charge is 2.31. The third kappa shape index (κ3) is 4.08. The van der Waals surface area contributed by atoms with Gasteiger partial charge < -0.3 is 10.6 Å². The molecule has 0 radical (unpaired) electrons. The van der Waals surface area contributed by atoms with Gasteiger partial charge in [-0.15, -0.1) is 0 Å². The van der Waals surface area contributed by atoms with Crippen LogP contribution in [0, 0.1) is 0 Å². The zero-order valence-corrected chi connectivity index (χ0v) is 13.5. The minimum atomic E-state index is -4.43. The Hall–Kier alpha value is -2.02. The summed E-state index contributed by atoms with van der Waals surface area (Å²) in [6.07, 6.45) is 1.49. The molecule has 128 valence electrons. The average Bonchev–Trinajstić information content (AvgIpc) is 3.02. The second-order valence-corrected chi connectivity index (χ2v) is 6.14. The number of hydrogen-bond donors (Lipinski definition) is 2. The standard InChI is InChI=1S/C16H16ClF3N4/c17-12-6-5-10(16(18,19)20)7-13(12)24-15-8-14(21-9-22-15)23-11-3-1-2-4-11/h5-9,11H,1-4H2,(H2,21,22,23,24). The summed E-state index contributed by atoms with van der Waals surface area (Å²) in [4.78, 5) is 8.19. The lowest BCUT2D eigenvalue weighted by Crippen LogP contribution is -2.15. The van der Waals surface area contributed by atoms with Crippen molar-refractivity contribution in [1.29, 1.82) is 0 Å². The third-order valence-electron chi connectivity index (χ3n) is 3.93. The third-order valence-corrected chi connectivity index (χ3v) is 4.26. The van der Waals surface area contributed by atoms with Gasteiger partial charge >= 0.3 is 6.18 Å². The van der Waals surface area contributed by atoms with Crippen LogP contribution in [0.4, 0.5) is 30.5 Å². The molecule has 0 unspecified atom stereocenters. The van der Waals surface area contributed by atoms with Gasteiger partial charge in [0.25, 0.3) is 0 Å². The fourth-order valence-electron chi connectivity index (χ4n) is 2.72. The normalized spacial score (nSPS) is 15.5. The molecule has 1 aromatic heterocycles. The molecule has 24 heavy (non-hydrogen) atoms. The van der Waals surface area contributed by atoms with Crippen molar-refractivity contribution in [2.45, 2.75) is 37.9 Å². The molecule has 1 aliphatic rings. The van der Waals surface area contributed by atoms with Crippen molar-refractivity contribution in [3.8, 4) is 0 Å². The summed E-state index contributed by atoms with van der Waals surface area (Å²) in [7, 11) is 0. The largest absolute Gasteiger partial charge is 0.416 e. The van der Waals surface area contributed by atoms with Crippen molar-refractivity contribution in [2.75, 3.05) is 10.6 Å². The number of rotatable bonds is 4. The minimum absolute atomic E-state index is 0.150. The van der Waals surface area contributed by atoms with Gasteiger partial charge in [-0.2, -0.15) is 13.2 Å².